The van der Waals surface area contributed by atoms with E-state index in [1.807, 2.05) is 0 Å². The largest absolute Gasteiger partial charge is 0.478 e. The van der Waals surface area contributed by atoms with Crippen LogP contribution >= 0.6 is 11.6 Å². The van der Waals surface area contributed by atoms with Gasteiger partial charge in [0.05, 0.1) is 11.3 Å². The summed E-state index contributed by atoms with van der Waals surface area (Å²) in [5.74, 6) is -4.77. The van der Waals surface area contributed by atoms with Crippen LogP contribution in [0, 0.1) is 11.6 Å². The summed E-state index contributed by atoms with van der Waals surface area (Å²) in [5.41, 5.74) is -0.0839. The monoisotopic (exact) mass is 415 g/mol. The summed E-state index contributed by atoms with van der Waals surface area (Å²) in [6.45, 7) is 0. The first-order chi connectivity index (χ1) is 13.8. The number of carbonyl (C=O) groups excluding carboxylic acids is 2. The van der Waals surface area contributed by atoms with Gasteiger partial charge in [0.25, 0.3) is 5.91 Å². The smallest absolute Gasteiger partial charge is 0.337 e. The van der Waals surface area contributed by atoms with Crippen LogP contribution in [0.25, 0.3) is 0 Å². The van der Waals surface area contributed by atoms with Gasteiger partial charge in [-0.25, -0.2) is 13.6 Å². The van der Waals surface area contributed by atoms with Crippen molar-refractivity contribution in [1.82, 2.24) is 0 Å². The van der Waals surface area contributed by atoms with Gasteiger partial charge in [-0.05, 0) is 48.5 Å². The lowest BCUT2D eigenvalue weighted by Gasteiger charge is -2.10. The van der Waals surface area contributed by atoms with Crippen LogP contribution in [0.2, 0.25) is 5.02 Å². The molecule has 29 heavy (non-hydrogen) atoms. The van der Waals surface area contributed by atoms with Gasteiger partial charge in [0.1, 0.15) is 0 Å². The average Bonchev–Trinajstić information content (AvgIpc) is 2.70. The maximum atomic E-state index is 13.4. The van der Waals surface area contributed by atoms with Gasteiger partial charge in [0, 0.05) is 21.7 Å². The Kier molecular flexibility index (Phi) is 5.70. The van der Waals surface area contributed by atoms with Crippen molar-refractivity contribution in [2.45, 2.75) is 0 Å². The van der Waals surface area contributed by atoms with Gasteiger partial charge in [-0.1, -0.05) is 23.7 Å². The molecule has 8 heteroatoms. The molecular weight excluding hydrogens is 404 g/mol. The summed E-state index contributed by atoms with van der Waals surface area (Å²) < 4.78 is 26.5. The van der Waals surface area contributed by atoms with Crippen molar-refractivity contribution in [2.75, 3.05) is 5.32 Å². The minimum Gasteiger partial charge on any atom is -0.478 e. The number of rotatable bonds is 5. The first kappa shape index (κ1) is 20.2. The van der Waals surface area contributed by atoms with Crippen molar-refractivity contribution >= 4 is 34.9 Å². The Hall–Kier alpha value is -3.58. The fourth-order valence-electron chi connectivity index (χ4n) is 2.60. The molecule has 0 saturated heterocycles. The second-order valence-electron chi connectivity index (χ2n) is 5.99. The Bertz CT molecular complexity index is 1150. The molecular formula is C21H12ClF2NO4. The molecule has 0 spiro atoms. The van der Waals surface area contributed by atoms with E-state index in [4.69, 9.17) is 11.6 Å². The molecule has 0 bridgehead atoms. The van der Waals surface area contributed by atoms with E-state index in [-0.39, 0.29) is 33.0 Å². The second-order valence-corrected chi connectivity index (χ2v) is 6.42. The number of carboxylic acids is 1. The average molecular weight is 416 g/mol. The quantitative estimate of drug-likeness (QED) is 0.586. The van der Waals surface area contributed by atoms with E-state index in [0.29, 0.717) is 0 Å². The molecule has 0 aliphatic rings. The third-order valence-electron chi connectivity index (χ3n) is 4.03. The van der Waals surface area contributed by atoms with Gasteiger partial charge in [0.2, 0.25) is 0 Å². The van der Waals surface area contributed by atoms with Crippen molar-refractivity contribution in [1.29, 1.82) is 0 Å². The first-order valence-electron chi connectivity index (χ1n) is 8.20. The summed E-state index contributed by atoms with van der Waals surface area (Å²) in [5, 5.41) is 11.9. The molecule has 0 unspecified atom stereocenters. The van der Waals surface area contributed by atoms with E-state index in [9.17, 15) is 28.3 Å². The number of anilines is 1. The van der Waals surface area contributed by atoms with Crippen molar-refractivity contribution in [2.24, 2.45) is 0 Å². The lowest BCUT2D eigenvalue weighted by atomic mass is 10.0. The minimum absolute atomic E-state index is 0.0317. The molecule has 5 nitrogen and oxygen atoms in total. The molecule has 146 valence electrons. The Morgan fingerprint density at radius 3 is 2.21 bits per heavy atom. The van der Waals surface area contributed by atoms with E-state index in [1.54, 1.807) is 0 Å². The molecule has 0 saturated carbocycles. The topological polar surface area (TPSA) is 83.5 Å². The molecule has 3 aromatic carbocycles. The molecule has 0 aromatic heterocycles. The number of ketones is 1. The molecule has 1 amide bonds. The molecule has 0 aliphatic heterocycles. The van der Waals surface area contributed by atoms with Gasteiger partial charge < -0.3 is 10.4 Å². The van der Waals surface area contributed by atoms with Crippen LogP contribution < -0.4 is 5.32 Å². The van der Waals surface area contributed by atoms with Crippen LogP contribution in [0.4, 0.5) is 14.5 Å². The lowest BCUT2D eigenvalue weighted by molar-refractivity contribution is 0.0697. The Balaban J connectivity index is 1.88. The summed E-state index contributed by atoms with van der Waals surface area (Å²) in [6.07, 6.45) is 0. The van der Waals surface area contributed by atoms with Gasteiger partial charge in [-0.2, -0.15) is 0 Å². The predicted molar refractivity (Wildman–Crippen MR) is 103 cm³/mol. The molecule has 0 fully saturated rings. The number of aromatic carboxylic acids is 1. The fraction of sp³-hybridized carbons (Fsp3) is 0. The second kappa shape index (κ2) is 8.20. The highest BCUT2D eigenvalue weighted by atomic mass is 35.5. The van der Waals surface area contributed by atoms with Crippen molar-refractivity contribution in [3.63, 3.8) is 0 Å². The maximum absolute atomic E-state index is 13.4. The summed E-state index contributed by atoms with van der Waals surface area (Å²) in [6, 6.07) is 12.3. The third-order valence-corrected chi connectivity index (χ3v) is 4.26. The van der Waals surface area contributed by atoms with E-state index >= 15 is 0 Å². The molecule has 0 heterocycles. The highest BCUT2D eigenvalue weighted by molar-refractivity contribution is 6.31. The number of nitrogens with one attached hydrogen (secondary N) is 1. The zero-order valence-corrected chi connectivity index (χ0v) is 15.3. The fourth-order valence-corrected chi connectivity index (χ4v) is 2.77. The van der Waals surface area contributed by atoms with E-state index in [2.05, 4.69) is 5.32 Å². The first-order valence-corrected chi connectivity index (χ1v) is 8.58. The molecule has 0 atom stereocenters. The van der Waals surface area contributed by atoms with E-state index < -0.39 is 29.3 Å². The molecule has 0 aliphatic carbocycles. The highest BCUT2D eigenvalue weighted by Crippen LogP contribution is 2.22. The molecule has 3 aromatic rings. The zero-order valence-electron chi connectivity index (χ0n) is 14.6. The minimum atomic E-state index is -1.27. The zero-order chi connectivity index (χ0) is 21.1. The molecule has 2 N–H and O–H groups in total. The maximum Gasteiger partial charge on any atom is 0.337 e. The summed E-state index contributed by atoms with van der Waals surface area (Å²) >= 11 is 5.79. The Morgan fingerprint density at radius 1 is 0.828 bits per heavy atom. The Labute approximate surface area is 168 Å². The number of hydrogen-bond donors (Lipinski definition) is 2. The number of benzene rings is 3. The van der Waals surface area contributed by atoms with Crippen LogP contribution in [0.15, 0.2) is 60.7 Å². The molecule has 3 rings (SSSR count). The highest BCUT2D eigenvalue weighted by Gasteiger charge is 2.17. The van der Waals surface area contributed by atoms with Crippen molar-refractivity contribution in [3.05, 3.63) is 99.6 Å². The van der Waals surface area contributed by atoms with Crippen LogP contribution in [-0.2, 0) is 0 Å². The number of halogens is 3. The van der Waals surface area contributed by atoms with Crippen LogP contribution in [-0.4, -0.2) is 22.8 Å². The van der Waals surface area contributed by atoms with Crippen molar-refractivity contribution < 1.29 is 28.3 Å². The van der Waals surface area contributed by atoms with Gasteiger partial charge in [-0.15, -0.1) is 0 Å². The summed E-state index contributed by atoms with van der Waals surface area (Å²) in [7, 11) is 0. The van der Waals surface area contributed by atoms with Gasteiger partial charge in [0.15, 0.2) is 17.4 Å². The SMILES string of the molecule is O=C(Nc1ccc(Cl)cc1C(=O)O)c1cccc(C(=O)c2ccc(F)c(F)c2)c1. The Morgan fingerprint density at radius 2 is 1.52 bits per heavy atom. The van der Waals surface area contributed by atoms with E-state index in [0.717, 1.165) is 18.2 Å². The van der Waals surface area contributed by atoms with E-state index in [1.165, 1.54) is 42.5 Å². The third kappa shape index (κ3) is 4.47. The van der Waals surface area contributed by atoms with Crippen LogP contribution in [0.5, 0.6) is 0 Å². The van der Waals surface area contributed by atoms with Gasteiger partial charge in [-0.3, -0.25) is 9.59 Å². The number of amides is 1. The number of carboxylic acid groups (broad SMARTS) is 1. The number of hydrogen-bond acceptors (Lipinski definition) is 3. The molecule has 0 radical (unpaired) electrons. The lowest BCUT2D eigenvalue weighted by Crippen LogP contribution is -2.15. The summed E-state index contributed by atoms with van der Waals surface area (Å²) in [4.78, 5) is 36.4. The van der Waals surface area contributed by atoms with Gasteiger partial charge >= 0.3 is 5.97 Å². The predicted octanol–water partition coefficient (Wildman–Crippen LogP) is 4.80. The van der Waals surface area contributed by atoms with Crippen LogP contribution in [0.3, 0.4) is 0 Å². The van der Waals surface area contributed by atoms with Crippen LogP contribution in [0.1, 0.15) is 36.6 Å². The normalized spacial score (nSPS) is 10.4. The standard InChI is InChI=1S/C21H12ClF2NO4/c22-14-5-7-18(15(10-14)21(28)29)25-20(27)13-3-1-2-11(8-13)19(26)12-4-6-16(23)17(24)9-12/h1-10H,(H,25,27)(H,28,29). The van der Waals surface area contributed by atoms with Crippen molar-refractivity contribution in [3.8, 4) is 0 Å². The number of carbonyl (C=O) groups is 3.